The summed E-state index contributed by atoms with van der Waals surface area (Å²) in [7, 11) is 0. The Kier molecular flexibility index (Phi) is 6.10. The lowest BCUT2D eigenvalue weighted by Gasteiger charge is -2.30. The predicted molar refractivity (Wildman–Crippen MR) is 134 cm³/mol. The summed E-state index contributed by atoms with van der Waals surface area (Å²) in [5.41, 5.74) is 4.79. The number of halogens is 1. The van der Waals surface area contributed by atoms with E-state index in [9.17, 15) is 9.18 Å². The number of benzene rings is 3. The van der Waals surface area contributed by atoms with Crippen molar-refractivity contribution in [1.82, 2.24) is 0 Å². The third-order valence-electron chi connectivity index (χ3n) is 6.46. The van der Waals surface area contributed by atoms with Crippen LogP contribution in [0.4, 0.5) is 15.8 Å². The normalized spacial score (nSPS) is 19.6. The molecule has 0 saturated heterocycles. The largest absolute Gasteiger partial charge is 0.493 e. The van der Waals surface area contributed by atoms with Crippen molar-refractivity contribution in [3.8, 4) is 5.75 Å². The minimum absolute atomic E-state index is 0.0347. The lowest BCUT2D eigenvalue weighted by molar-refractivity contribution is -0.116. The van der Waals surface area contributed by atoms with Crippen LogP contribution in [-0.2, 0) is 4.79 Å². The number of nitrogens with one attached hydrogen (secondary N) is 2. The van der Waals surface area contributed by atoms with Crippen LogP contribution in [0.1, 0.15) is 49.8 Å². The summed E-state index contributed by atoms with van der Waals surface area (Å²) in [4.78, 5) is 13.6. The first-order chi connectivity index (χ1) is 16.5. The van der Waals surface area contributed by atoms with E-state index in [0.717, 1.165) is 28.4 Å². The number of Topliss-reactive ketones (excluding diaryl/α,β-unsaturated/α-hetero) is 1. The topological polar surface area (TPSA) is 50.4 Å². The first-order valence-corrected chi connectivity index (χ1v) is 11.9. The summed E-state index contributed by atoms with van der Waals surface area (Å²) < 4.78 is 20.7. The Morgan fingerprint density at radius 2 is 1.65 bits per heavy atom. The zero-order chi connectivity index (χ0) is 23.7. The van der Waals surface area contributed by atoms with Gasteiger partial charge >= 0.3 is 0 Å². The van der Waals surface area contributed by atoms with Gasteiger partial charge in [0.15, 0.2) is 5.78 Å². The van der Waals surface area contributed by atoms with E-state index < -0.39 is 6.04 Å². The fourth-order valence-electron chi connectivity index (χ4n) is 4.77. The number of rotatable bonds is 5. The Labute approximate surface area is 199 Å². The molecule has 174 valence electrons. The highest BCUT2D eigenvalue weighted by atomic mass is 19.1. The van der Waals surface area contributed by atoms with E-state index in [0.29, 0.717) is 36.5 Å². The summed E-state index contributed by atoms with van der Waals surface area (Å²) in [6.07, 6.45) is 1.06. The van der Waals surface area contributed by atoms with E-state index in [1.54, 1.807) is 12.1 Å². The van der Waals surface area contributed by atoms with Gasteiger partial charge in [0.1, 0.15) is 11.6 Å². The van der Waals surface area contributed by atoms with Crippen LogP contribution in [-0.4, -0.2) is 12.4 Å². The van der Waals surface area contributed by atoms with Crippen molar-refractivity contribution in [3.63, 3.8) is 0 Å². The van der Waals surface area contributed by atoms with E-state index in [1.807, 2.05) is 42.5 Å². The van der Waals surface area contributed by atoms with E-state index in [-0.39, 0.29) is 17.5 Å². The molecule has 1 aliphatic heterocycles. The molecule has 0 saturated carbocycles. The number of ketones is 1. The summed E-state index contributed by atoms with van der Waals surface area (Å²) >= 11 is 0. The maximum absolute atomic E-state index is 14.9. The van der Waals surface area contributed by atoms with Gasteiger partial charge in [-0.2, -0.15) is 0 Å². The second-order valence-electron chi connectivity index (χ2n) is 9.46. The van der Waals surface area contributed by atoms with Crippen LogP contribution < -0.4 is 15.4 Å². The molecule has 5 rings (SSSR count). The summed E-state index contributed by atoms with van der Waals surface area (Å²) in [5.74, 6) is 1.06. The van der Waals surface area contributed by atoms with Gasteiger partial charge in [-0.1, -0.05) is 56.3 Å². The van der Waals surface area contributed by atoms with Crippen LogP contribution in [0.15, 0.2) is 84.1 Å². The van der Waals surface area contributed by atoms with Crippen molar-refractivity contribution < 1.29 is 13.9 Å². The van der Waals surface area contributed by atoms with Gasteiger partial charge < -0.3 is 15.4 Å². The third kappa shape index (κ3) is 4.43. The van der Waals surface area contributed by atoms with Gasteiger partial charge in [0.25, 0.3) is 0 Å². The minimum atomic E-state index is -0.549. The van der Waals surface area contributed by atoms with E-state index >= 15 is 0 Å². The lowest BCUT2D eigenvalue weighted by Crippen LogP contribution is -2.27. The molecule has 0 spiro atoms. The number of para-hydroxylation sites is 2. The fourth-order valence-corrected chi connectivity index (χ4v) is 4.77. The number of hydrogen-bond acceptors (Lipinski definition) is 4. The monoisotopic (exact) mass is 456 g/mol. The van der Waals surface area contributed by atoms with Crippen molar-refractivity contribution in [2.75, 3.05) is 17.2 Å². The third-order valence-corrected chi connectivity index (χ3v) is 6.46. The average Bonchev–Trinajstić information content (AvgIpc) is 3.00. The fraction of sp³-hybridized carbons (Fsp3) is 0.276. The molecule has 4 nitrogen and oxygen atoms in total. The van der Waals surface area contributed by atoms with Gasteiger partial charge in [0.05, 0.1) is 24.0 Å². The van der Waals surface area contributed by atoms with Crippen molar-refractivity contribution in [2.45, 2.75) is 38.6 Å². The average molecular weight is 457 g/mol. The highest BCUT2D eigenvalue weighted by Gasteiger charge is 2.36. The van der Waals surface area contributed by atoms with E-state index in [1.165, 1.54) is 6.07 Å². The number of carbonyl (C=O) groups excluding carboxylic acids is 1. The van der Waals surface area contributed by atoms with Gasteiger partial charge in [0.2, 0.25) is 0 Å². The predicted octanol–water partition coefficient (Wildman–Crippen LogP) is 6.84. The second-order valence-corrected chi connectivity index (χ2v) is 9.46. The minimum Gasteiger partial charge on any atom is -0.493 e. The van der Waals surface area contributed by atoms with Crippen LogP contribution >= 0.6 is 0 Å². The first-order valence-electron chi connectivity index (χ1n) is 11.9. The first kappa shape index (κ1) is 22.2. The molecule has 3 aromatic rings. The highest BCUT2D eigenvalue weighted by molar-refractivity contribution is 6.01. The van der Waals surface area contributed by atoms with Crippen molar-refractivity contribution >= 4 is 17.2 Å². The van der Waals surface area contributed by atoms with Crippen LogP contribution in [0.25, 0.3) is 0 Å². The van der Waals surface area contributed by atoms with Crippen LogP contribution in [0.5, 0.6) is 5.75 Å². The van der Waals surface area contributed by atoms with Crippen molar-refractivity contribution in [2.24, 2.45) is 5.92 Å². The van der Waals surface area contributed by atoms with E-state index in [4.69, 9.17) is 4.74 Å². The summed E-state index contributed by atoms with van der Waals surface area (Å²) in [6.45, 7) is 4.91. The molecule has 2 N–H and O–H groups in total. The summed E-state index contributed by atoms with van der Waals surface area (Å²) in [6, 6.07) is 22.0. The zero-order valence-corrected chi connectivity index (χ0v) is 19.5. The molecular weight excluding hydrogens is 427 g/mol. The molecular formula is C29H29FN2O2. The maximum Gasteiger partial charge on any atom is 0.163 e. The van der Waals surface area contributed by atoms with Gasteiger partial charge in [0, 0.05) is 23.3 Å². The van der Waals surface area contributed by atoms with Gasteiger partial charge in [-0.15, -0.1) is 0 Å². The lowest BCUT2D eigenvalue weighted by atomic mass is 9.78. The number of hydrogen-bond donors (Lipinski definition) is 2. The van der Waals surface area contributed by atoms with Crippen LogP contribution in [0, 0.1) is 11.7 Å². The van der Waals surface area contributed by atoms with Gasteiger partial charge in [-0.05, 0) is 54.2 Å². The molecule has 0 radical (unpaired) electrons. The standard InChI is InChI=1S/C29H29FN2O2/c1-18(2)17-34-21-13-11-19(12-14-21)20-15-26-28(27(33)16-20)29(22-7-3-4-8-23(22)30)32-25-10-6-5-9-24(25)31-26/h3-14,18,20,29,31-32H,15-17H2,1-2H3. The Bertz CT molecular complexity index is 1230. The Morgan fingerprint density at radius 1 is 0.941 bits per heavy atom. The molecule has 0 fully saturated rings. The maximum atomic E-state index is 14.9. The Balaban J connectivity index is 1.49. The van der Waals surface area contributed by atoms with Crippen LogP contribution in [0.2, 0.25) is 0 Å². The molecule has 2 atom stereocenters. The molecule has 1 heterocycles. The van der Waals surface area contributed by atoms with Gasteiger partial charge in [-0.25, -0.2) is 4.39 Å². The molecule has 0 amide bonds. The molecule has 34 heavy (non-hydrogen) atoms. The smallest absolute Gasteiger partial charge is 0.163 e. The Hall–Kier alpha value is -3.60. The molecule has 0 aromatic heterocycles. The van der Waals surface area contributed by atoms with Crippen molar-refractivity contribution in [1.29, 1.82) is 0 Å². The van der Waals surface area contributed by atoms with Crippen molar-refractivity contribution in [3.05, 3.63) is 101 Å². The number of anilines is 2. The molecule has 2 unspecified atom stereocenters. The molecule has 1 aliphatic carbocycles. The van der Waals surface area contributed by atoms with E-state index in [2.05, 4.69) is 36.6 Å². The SMILES string of the molecule is CC(C)COc1ccc(C2CC(=O)C3=C(C2)Nc2ccccc2NC3c2ccccc2F)cc1. The second kappa shape index (κ2) is 9.34. The molecule has 0 bridgehead atoms. The molecule has 2 aliphatic rings. The molecule has 3 aromatic carbocycles. The van der Waals surface area contributed by atoms with Gasteiger partial charge in [-0.3, -0.25) is 4.79 Å². The quantitative estimate of drug-likeness (QED) is 0.441. The zero-order valence-electron chi connectivity index (χ0n) is 19.5. The molecule has 5 heteroatoms. The highest BCUT2D eigenvalue weighted by Crippen LogP contribution is 2.44. The number of ether oxygens (including phenoxy) is 1. The summed E-state index contributed by atoms with van der Waals surface area (Å²) in [5, 5.41) is 6.94. The Morgan fingerprint density at radius 3 is 2.38 bits per heavy atom. The number of carbonyl (C=O) groups is 1. The van der Waals surface area contributed by atoms with Crippen LogP contribution in [0.3, 0.4) is 0 Å². The number of fused-ring (bicyclic) bond motifs is 1. The number of allylic oxidation sites excluding steroid dienone is 1.